The molecule has 1 atom stereocenters. The standard InChI is InChI=1S/C13H14BrN3O/c14-6-9-5-12(18)17(7-9)8-10-1-3-15-13-11(10)2-4-16-13/h1-4,9H,5-8H2,(H,15,16). The van der Waals surface area contributed by atoms with Gasteiger partial charge in [0.05, 0.1) is 0 Å². The van der Waals surface area contributed by atoms with Crippen LogP contribution in [0, 0.1) is 5.92 Å². The van der Waals surface area contributed by atoms with Gasteiger partial charge in [-0.1, -0.05) is 15.9 Å². The Bertz CT molecular complexity index is 580. The number of H-pyrrole nitrogens is 1. The van der Waals surface area contributed by atoms with E-state index in [0.29, 0.717) is 18.9 Å². The lowest BCUT2D eigenvalue weighted by atomic mass is 10.1. The zero-order valence-electron chi connectivity index (χ0n) is 9.90. The van der Waals surface area contributed by atoms with Gasteiger partial charge in [-0.2, -0.15) is 0 Å². The number of aromatic amines is 1. The third kappa shape index (κ3) is 2.03. The Morgan fingerprint density at radius 3 is 3.17 bits per heavy atom. The predicted molar refractivity (Wildman–Crippen MR) is 73.4 cm³/mol. The molecule has 1 amide bonds. The summed E-state index contributed by atoms with van der Waals surface area (Å²) in [5, 5.41) is 2.00. The third-order valence-electron chi connectivity index (χ3n) is 3.42. The summed E-state index contributed by atoms with van der Waals surface area (Å²) < 4.78 is 0. The van der Waals surface area contributed by atoms with Crippen molar-refractivity contribution in [3.05, 3.63) is 30.1 Å². The number of aromatic nitrogens is 2. The highest BCUT2D eigenvalue weighted by molar-refractivity contribution is 9.09. The Labute approximate surface area is 114 Å². The number of alkyl halides is 1. The summed E-state index contributed by atoms with van der Waals surface area (Å²) in [5.41, 5.74) is 2.04. The smallest absolute Gasteiger partial charge is 0.223 e. The first-order chi connectivity index (χ1) is 8.78. The van der Waals surface area contributed by atoms with E-state index in [4.69, 9.17) is 0 Å². The number of rotatable bonds is 3. The van der Waals surface area contributed by atoms with Gasteiger partial charge in [0.2, 0.25) is 5.91 Å². The minimum absolute atomic E-state index is 0.250. The largest absolute Gasteiger partial charge is 0.346 e. The van der Waals surface area contributed by atoms with Gasteiger partial charge in [0, 0.05) is 42.6 Å². The lowest BCUT2D eigenvalue weighted by Crippen LogP contribution is -2.24. The summed E-state index contributed by atoms with van der Waals surface area (Å²) in [5.74, 6) is 0.695. The molecule has 18 heavy (non-hydrogen) atoms. The second kappa shape index (κ2) is 4.72. The summed E-state index contributed by atoms with van der Waals surface area (Å²) >= 11 is 3.46. The predicted octanol–water partition coefficient (Wildman–Crippen LogP) is 2.31. The first-order valence-corrected chi connectivity index (χ1v) is 7.15. The number of likely N-dealkylation sites (tertiary alicyclic amines) is 1. The van der Waals surface area contributed by atoms with Crippen LogP contribution < -0.4 is 0 Å². The van der Waals surface area contributed by atoms with E-state index < -0.39 is 0 Å². The van der Waals surface area contributed by atoms with Crippen LogP contribution in [0.25, 0.3) is 11.0 Å². The van der Waals surface area contributed by atoms with Gasteiger partial charge in [-0.3, -0.25) is 4.79 Å². The molecule has 5 heteroatoms. The number of nitrogens with one attached hydrogen (secondary N) is 1. The normalized spacial score (nSPS) is 19.9. The monoisotopic (exact) mass is 307 g/mol. The molecule has 2 aromatic rings. The van der Waals surface area contributed by atoms with E-state index in [1.165, 1.54) is 0 Å². The average molecular weight is 308 g/mol. The van der Waals surface area contributed by atoms with Crippen molar-refractivity contribution in [2.24, 2.45) is 5.92 Å². The maximum absolute atomic E-state index is 11.9. The van der Waals surface area contributed by atoms with E-state index in [2.05, 4.69) is 25.9 Å². The molecule has 2 aromatic heterocycles. The van der Waals surface area contributed by atoms with E-state index >= 15 is 0 Å². The molecular formula is C13H14BrN3O. The number of hydrogen-bond donors (Lipinski definition) is 1. The SMILES string of the molecule is O=C1CC(CBr)CN1Cc1ccnc2[nH]ccc12. The number of nitrogens with zero attached hydrogens (tertiary/aromatic N) is 2. The van der Waals surface area contributed by atoms with Crippen molar-refractivity contribution in [3.8, 4) is 0 Å². The van der Waals surface area contributed by atoms with Crippen LogP contribution in [-0.4, -0.2) is 32.6 Å². The van der Waals surface area contributed by atoms with Gasteiger partial charge in [-0.25, -0.2) is 4.98 Å². The summed E-state index contributed by atoms with van der Waals surface area (Å²) in [6.07, 6.45) is 4.33. The molecule has 0 aromatic carbocycles. The van der Waals surface area contributed by atoms with Gasteiger partial charge in [-0.15, -0.1) is 0 Å². The van der Waals surface area contributed by atoms with E-state index in [-0.39, 0.29) is 5.91 Å². The molecule has 1 aliphatic rings. The number of carbonyl (C=O) groups excluding carboxylic acids is 1. The van der Waals surface area contributed by atoms with Crippen LogP contribution in [0.5, 0.6) is 0 Å². The fourth-order valence-corrected chi connectivity index (χ4v) is 2.91. The number of halogens is 1. The second-order valence-corrected chi connectivity index (χ2v) is 5.36. The minimum atomic E-state index is 0.250. The van der Waals surface area contributed by atoms with Crippen molar-refractivity contribution in [3.63, 3.8) is 0 Å². The first kappa shape index (κ1) is 11.7. The van der Waals surface area contributed by atoms with Gasteiger partial charge in [-0.05, 0) is 23.6 Å². The van der Waals surface area contributed by atoms with Crippen LogP contribution in [0.4, 0.5) is 0 Å². The number of amides is 1. The number of carbonyl (C=O) groups is 1. The molecule has 0 bridgehead atoms. The molecule has 1 saturated heterocycles. The summed E-state index contributed by atoms with van der Waals surface area (Å²) in [6.45, 7) is 1.53. The summed E-state index contributed by atoms with van der Waals surface area (Å²) in [4.78, 5) is 21.2. The van der Waals surface area contributed by atoms with E-state index in [0.717, 1.165) is 28.5 Å². The molecule has 0 aliphatic carbocycles. The van der Waals surface area contributed by atoms with Crippen LogP contribution >= 0.6 is 15.9 Å². The Balaban J connectivity index is 1.84. The molecule has 0 radical (unpaired) electrons. The number of hydrogen-bond acceptors (Lipinski definition) is 2. The van der Waals surface area contributed by atoms with Gasteiger partial charge in [0.25, 0.3) is 0 Å². The topological polar surface area (TPSA) is 49.0 Å². The Morgan fingerprint density at radius 1 is 1.50 bits per heavy atom. The lowest BCUT2D eigenvalue weighted by Gasteiger charge is -2.16. The number of fused-ring (bicyclic) bond motifs is 1. The molecule has 0 saturated carbocycles. The molecule has 1 fully saturated rings. The summed E-state index contributed by atoms with van der Waals surface area (Å²) in [7, 11) is 0. The Hall–Kier alpha value is -1.36. The highest BCUT2D eigenvalue weighted by Crippen LogP contribution is 2.24. The number of pyridine rings is 1. The molecule has 1 N–H and O–H groups in total. The molecule has 1 unspecified atom stereocenters. The Morgan fingerprint density at radius 2 is 2.39 bits per heavy atom. The summed E-state index contributed by atoms with van der Waals surface area (Å²) in [6, 6.07) is 4.01. The molecule has 3 rings (SSSR count). The average Bonchev–Trinajstić information content (AvgIpc) is 2.97. The van der Waals surface area contributed by atoms with Crippen LogP contribution in [0.3, 0.4) is 0 Å². The molecule has 3 heterocycles. The van der Waals surface area contributed by atoms with Crippen LogP contribution in [0.2, 0.25) is 0 Å². The maximum Gasteiger partial charge on any atom is 0.223 e. The molecular weight excluding hydrogens is 294 g/mol. The Kier molecular flexibility index (Phi) is 3.07. The van der Waals surface area contributed by atoms with Crippen molar-refractivity contribution in [2.45, 2.75) is 13.0 Å². The van der Waals surface area contributed by atoms with Gasteiger partial charge < -0.3 is 9.88 Å². The molecule has 94 valence electrons. The van der Waals surface area contributed by atoms with E-state index in [9.17, 15) is 4.79 Å². The quantitative estimate of drug-likeness (QED) is 0.885. The van der Waals surface area contributed by atoms with Gasteiger partial charge >= 0.3 is 0 Å². The first-order valence-electron chi connectivity index (χ1n) is 6.02. The fraction of sp³-hybridized carbons (Fsp3) is 0.385. The van der Waals surface area contributed by atoms with Crippen LogP contribution in [-0.2, 0) is 11.3 Å². The molecule has 1 aliphatic heterocycles. The lowest BCUT2D eigenvalue weighted by molar-refractivity contribution is -0.128. The van der Waals surface area contributed by atoms with E-state index in [1.807, 2.05) is 23.2 Å². The fourth-order valence-electron chi connectivity index (χ4n) is 2.47. The highest BCUT2D eigenvalue weighted by atomic mass is 79.9. The van der Waals surface area contributed by atoms with Gasteiger partial charge in [0.15, 0.2) is 0 Å². The van der Waals surface area contributed by atoms with Crippen LogP contribution in [0.1, 0.15) is 12.0 Å². The van der Waals surface area contributed by atoms with Gasteiger partial charge in [0.1, 0.15) is 5.65 Å². The minimum Gasteiger partial charge on any atom is -0.346 e. The van der Waals surface area contributed by atoms with E-state index in [1.54, 1.807) is 6.20 Å². The second-order valence-electron chi connectivity index (χ2n) is 4.71. The zero-order valence-corrected chi connectivity index (χ0v) is 11.5. The van der Waals surface area contributed by atoms with Crippen molar-refractivity contribution in [2.75, 3.05) is 11.9 Å². The molecule has 0 spiro atoms. The van der Waals surface area contributed by atoms with Crippen LogP contribution in [0.15, 0.2) is 24.5 Å². The van der Waals surface area contributed by atoms with Crippen molar-refractivity contribution < 1.29 is 4.79 Å². The van der Waals surface area contributed by atoms with Crippen molar-refractivity contribution in [1.82, 2.24) is 14.9 Å². The molecule has 4 nitrogen and oxygen atoms in total. The third-order valence-corrected chi connectivity index (χ3v) is 4.34. The van der Waals surface area contributed by atoms with Crippen molar-refractivity contribution in [1.29, 1.82) is 0 Å². The maximum atomic E-state index is 11.9. The van der Waals surface area contributed by atoms with Crippen molar-refractivity contribution >= 4 is 32.9 Å². The highest BCUT2D eigenvalue weighted by Gasteiger charge is 2.28. The zero-order chi connectivity index (χ0) is 12.5.